The Labute approximate surface area is 127 Å². The van der Waals surface area contributed by atoms with E-state index in [-0.39, 0.29) is 23.9 Å². The third-order valence-corrected chi connectivity index (χ3v) is 5.66. The second kappa shape index (κ2) is 4.98. The Morgan fingerprint density at radius 2 is 1.95 bits per heavy atom. The molecule has 116 valence electrons. The minimum atomic E-state index is -1.32. The number of esters is 1. The largest absolute Gasteiger partial charge is 0.459 e. The van der Waals surface area contributed by atoms with Crippen LogP contribution in [0.3, 0.4) is 0 Å². The molecule has 0 aromatic rings. The van der Waals surface area contributed by atoms with E-state index in [1.54, 1.807) is 0 Å². The second-order valence-electron chi connectivity index (χ2n) is 7.52. The molecule has 3 nitrogen and oxygen atoms in total. The van der Waals surface area contributed by atoms with Gasteiger partial charge in [-0.3, -0.25) is 0 Å². The number of rotatable bonds is 2. The Bertz CT molecular complexity index is 493. The van der Waals surface area contributed by atoms with Gasteiger partial charge in [-0.05, 0) is 43.9 Å². The van der Waals surface area contributed by atoms with Gasteiger partial charge in [-0.25, -0.2) is 4.79 Å². The van der Waals surface area contributed by atoms with Gasteiger partial charge < -0.3 is 9.84 Å². The number of hydrogen-bond donors (Lipinski definition) is 1. The molecule has 3 aliphatic rings. The SMILES string of the molecule is C=C1CC[C@H]2C(=C)CC[C@@H]3[C@H](OC(=O)[C@@]3(O)CC(C)C)[C@@H]12. The van der Waals surface area contributed by atoms with E-state index in [0.717, 1.165) is 25.7 Å². The molecule has 0 spiro atoms. The number of fused-ring (bicyclic) bond motifs is 3. The summed E-state index contributed by atoms with van der Waals surface area (Å²) in [5, 5.41) is 11.0. The Kier molecular flexibility index (Phi) is 3.52. The van der Waals surface area contributed by atoms with E-state index in [0.29, 0.717) is 12.3 Å². The molecule has 1 saturated heterocycles. The number of allylic oxidation sites excluding steroid dienone is 1. The maximum Gasteiger partial charge on any atom is 0.338 e. The molecule has 0 unspecified atom stereocenters. The average Bonchev–Trinajstić information content (AvgIpc) is 2.81. The molecule has 3 fully saturated rings. The smallest absolute Gasteiger partial charge is 0.338 e. The van der Waals surface area contributed by atoms with Crippen molar-refractivity contribution in [3.05, 3.63) is 24.3 Å². The lowest BCUT2D eigenvalue weighted by Gasteiger charge is -2.30. The summed E-state index contributed by atoms with van der Waals surface area (Å²) in [7, 11) is 0. The van der Waals surface area contributed by atoms with Crippen molar-refractivity contribution in [1.82, 2.24) is 0 Å². The van der Waals surface area contributed by atoms with Crippen molar-refractivity contribution in [1.29, 1.82) is 0 Å². The second-order valence-corrected chi connectivity index (χ2v) is 7.52. The summed E-state index contributed by atoms with van der Waals surface area (Å²) in [6.45, 7) is 12.5. The Balaban J connectivity index is 1.97. The third-order valence-electron chi connectivity index (χ3n) is 5.66. The van der Waals surface area contributed by atoms with E-state index >= 15 is 0 Å². The highest BCUT2D eigenvalue weighted by Crippen LogP contribution is 2.54. The summed E-state index contributed by atoms with van der Waals surface area (Å²) in [6, 6.07) is 0. The molecule has 1 aliphatic heterocycles. The summed E-state index contributed by atoms with van der Waals surface area (Å²) in [4.78, 5) is 12.4. The van der Waals surface area contributed by atoms with Gasteiger partial charge in [0.2, 0.25) is 0 Å². The standard InChI is InChI=1S/C18H26O3/c1-10(2)9-18(20)14-8-6-11(3)13-7-5-12(4)15(13)16(14)21-17(18)19/h10,13-16,20H,3-9H2,1-2H3/t13-,14+,15-,16-,18+/m0/s1. The normalized spacial score (nSPS) is 42.8. The molecule has 3 heteroatoms. The van der Waals surface area contributed by atoms with Gasteiger partial charge in [0.1, 0.15) is 6.10 Å². The maximum absolute atomic E-state index is 12.4. The maximum atomic E-state index is 12.4. The van der Waals surface area contributed by atoms with E-state index in [9.17, 15) is 9.90 Å². The lowest BCUT2D eigenvalue weighted by Crippen LogP contribution is -2.44. The lowest BCUT2D eigenvalue weighted by atomic mass is 9.74. The van der Waals surface area contributed by atoms with Crippen LogP contribution in [0.2, 0.25) is 0 Å². The van der Waals surface area contributed by atoms with Crippen LogP contribution < -0.4 is 0 Å². The van der Waals surface area contributed by atoms with Gasteiger partial charge in [0.15, 0.2) is 5.60 Å². The van der Waals surface area contributed by atoms with Crippen LogP contribution in [0.5, 0.6) is 0 Å². The minimum Gasteiger partial charge on any atom is -0.459 e. The Hall–Kier alpha value is -1.09. The monoisotopic (exact) mass is 290 g/mol. The van der Waals surface area contributed by atoms with Gasteiger partial charge >= 0.3 is 5.97 Å². The van der Waals surface area contributed by atoms with E-state index in [1.807, 2.05) is 13.8 Å². The first kappa shape index (κ1) is 14.8. The molecule has 2 aliphatic carbocycles. The molecular weight excluding hydrogens is 264 g/mol. The molecule has 0 amide bonds. The predicted octanol–water partition coefficient (Wildman–Crippen LogP) is 3.24. The summed E-state index contributed by atoms with van der Waals surface area (Å²) < 4.78 is 5.70. The van der Waals surface area contributed by atoms with Crippen LogP contribution >= 0.6 is 0 Å². The molecule has 2 saturated carbocycles. The molecule has 5 atom stereocenters. The molecule has 0 radical (unpaired) electrons. The van der Waals surface area contributed by atoms with Crippen LogP contribution in [-0.4, -0.2) is 22.8 Å². The van der Waals surface area contributed by atoms with Crippen LogP contribution in [0.25, 0.3) is 0 Å². The van der Waals surface area contributed by atoms with Gasteiger partial charge in [-0.1, -0.05) is 38.2 Å². The van der Waals surface area contributed by atoms with Gasteiger partial charge in [0.25, 0.3) is 0 Å². The molecule has 1 N–H and O–H groups in total. The predicted molar refractivity (Wildman–Crippen MR) is 81.5 cm³/mol. The van der Waals surface area contributed by atoms with E-state index in [4.69, 9.17) is 4.74 Å². The summed E-state index contributed by atoms with van der Waals surface area (Å²) >= 11 is 0. The first-order valence-electron chi connectivity index (χ1n) is 8.13. The molecule has 0 aromatic heterocycles. The molecule has 21 heavy (non-hydrogen) atoms. The minimum absolute atomic E-state index is 0.117. The summed E-state index contributed by atoms with van der Waals surface area (Å²) in [5.74, 6) is 0.262. The van der Waals surface area contributed by atoms with E-state index in [2.05, 4.69) is 13.2 Å². The molecule has 0 bridgehead atoms. The van der Waals surface area contributed by atoms with Gasteiger partial charge in [0.05, 0.1) is 0 Å². The molecule has 1 heterocycles. The summed E-state index contributed by atoms with van der Waals surface area (Å²) in [5.41, 5.74) is 1.09. The topological polar surface area (TPSA) is 46.5 Å². The zero-order valence-corrected chi connectivity index (χ0v) is 13.1. The fraction of sp³-hybridized carbons (Fsp3) is 0.722. The highest BCUT2D eigenvalue weighted by molar-refractivity contribution is 5.82. The summed E-state index contributed by atoms with van der Waals surface area (Å²) in [6.07, 6.45) is 3.98. The van der Waals surface area contributed by atoms with Crippen LogP contribution in [-0.2, 0) is 9.53 Å². The number of aliphatic hydroxyl groups is 1. The van der Waals surface area contributed by atoms with E-state index < -0.39 is 11.6 Å². The van der Waals surface area contributed by atoms with Crippen molar-refractivity contribution in [3.8, 4) is 0 Å². The third kappa shape index (κ3) is 2.17. The number of carbonyl (C=O) groups excluding carboxylic acids is 1. The van der Waals surface area contributed by atoms with Gasteiger partial charge in [0, 0.05) is 11.8 Å². The molecular formula is C18H26O3. The van der Waals surface area contributed by atoms with Crippen LogP contribution in [0.4, 0.5) is 0 Å². The van der Waals surface area contributed by atoms with E-state index in [1.165, 1.54) is 11.1 Å². The number of hydrogen-bond acceptors (Lipinski definition) is 3. The molecule has 3 rings (SSSR count). The zero-order chi connectivity index (χ0) is 15.4. The van der Waals surface area contributed by atoms with Crippen LogP contribution in [0.15, 0.2) is 24.3 Å². The average molecular weight is 290 g/mol. The van der Waals surface area contributed by atoms with Gasteiger partial charge in [-0.2, -0.15) is 0 Å². The number of carbonyl (C=O) groups is 1. The van der Waals surface area contributed by atoms with Gasteiger partial charge in [-0.15, -0.1) is 0 Å². The van der Waals surface area contributed by atoms with Crippen molar-refractivity contribution >= 4 is 5.97 Å². The van der Waals surface area contributed by atoms with Crippen molar-refractivity contribution in [2.24, 2.45) is 23.7 Å². The van der Waals surface area contributed by atoms with Crippen molar-refractivity contribution in [2.45, 2.75) is 57.7 Å². The fourth-order valence-corrected chi connectivity index (χ4v) is 4.73. The number of ether oxygens (including phenoxy) is 1. The van der Waals surface area contributed by atoms with Crippen molar-refractivity contribution in [2.75, 3.05) is 0 Å². The fourth-order valence-electron chi connectivity index (χ4n) is 4.73. The lowest BCUT2D eigenvalue weighted by molar-refractivity contribution is -0.157. The first-order chi connectivity index (χ1) is 9.84. The van der Waals surface area contributed by atoms with Crippen molar-refractivity contribution < 1.29 is 14.6 Å². The van der Waals surface area contributed by atoms with Crippen LogP contribution in [0.1, 0.15) is 46.0 Å². The first-order valence-corrected chi connectivity index (χ1v) is 8.13. The van der Waals surface area contributed by atoms with Crippen molar-refractivity contribution in [3.63, 3.8) is 0 Å². The quantitative estimate of drug-likeness (QED) is 0.627. The zero-order valence-electron chi connectivity index (χ0n) is 13.1. The Morgan fingerprint density at radius 1 is 1.29 bits per heavy atom. The highest BCUT2D eigenvalue weighted by Gasteiger charge is 2.60. The van der Waals surface area contributed by atoms with Crippen LogP contribution in [0, 0.1) is 23.7 Å². The highest BCUT2D eigenvalue weighted by atomic mass is 16.6. The Morgan fingerprint density at radius 3 is 2.62 bits per heavy atom. The molecule has 0 aromatic carbocycles.